The standard InChI is InChI=1S/C8H14N2O3/c1-4-8(5-6(2)9-11)7(3)10(12)13/h5,7,11H,4H2,1-3H3/b8-5+,9-6-. The normalized spacial score (nSPS) is 15.6. The molecule has 13 heavy (non-hydrogen) atoms. The van der Waals surface area contributed by atoms with Crippen molar-refractivity contribution in [2.45, 2.75) is 33.2 Å². The molecule has 0 aliphatic heterocycles. The molecular formula is C8H14N2O3. The maximum Gasteiger partial charge on any atom is 0.231 e. The highest BCUT2D eigenvalue weighted by molar-refractivity contribution is 5.92. The average molecular weight is 186 g/mol. The van der Waals surface area contributed by atoms with Gasteiger partial charge in [0.15, 0.2) is 0 Å². The van der Waals surface area contributed by atoms with E-state index in [1.54, 1.807) is 6.92 Å². The molecule has 0 aliphatic carbocycles. The van der Waals surface area contributed by atoms with Crippen LogP contribution in [-0.2, 0) is 0 Å². The lowest BCUT2D eigenvalue weighted by Gasteiger charge is -2.05. The highest BCUT2D eigenvalue weighted by atomic mass is 16.6. The number of allylic oxidation sites excluding steroid dienone is 1. The number of nitrogens with zero attached hydrogens (tertiary/aromatic N) is 2. The van der Waals surface area contributed by atoms with E-state index in [-0.39, 0.29) is 4.92 Å². The van der Waals surface area contributed by atoms with Gasteiger partial charge in [0.2, 0.25) is 6.04 Å². The Balaban J connectivity index is 4.69. The predicted molar refractivity (Wildman–Crippen MR) is 49.7 cm³/mol. The molecule has 1 unspecified atom stereocenters. The molecule has 0 radical (unpaired) electrons. The van der Waals surface area contributed by atoms with E-state index >= 15 is 0 Å². The molecule has 0 saturated heterocycles. The van der Waals surface area contributed by atoms with Crippen LogP contribution in [0, 0.1) is 10.1 Å². The van der Waals surface area contributed by atoms with E-state index in [2.05, 4.69) is 5.16 Å². The molecule has 74 valence electrons. The van der Waals surface area contributed by atoms with Crippen LogP contribution in [0.2, 0.25) is 0 Å². The zero-order valence-corrected chi connectivity index (χ0v) is 8.02. The molecule has 0 bridgehead atoms. The van der Waals surface area contributed by atoms with Crippen LogP contribution < -0.4 is 0 Å². The van der Waals surface area contributed by atoms with Crippen molar-refractivity contribution in [1.29, 1.82) is 0 Å². The van der Waals surface area contributed by atoms with Crippen LogP contribution in [0.25, 0.3) is 0 Å². The average Bonchev–Trinajstić information content (AvgIpc) is 2.12. The van der Waals surface area contributed by atoms with E-state index < -0.39 is 6.04 Å². The van der Waals surface area contributed by atoms with Crippen LogP contribution in [0.4, 0.5) is 0 Å². The van der Waals surface area contributed by atoms with Gasteiger partial charge >= 0.3 is 0 Å². The van der Waals surface area contributed by atoms with Crippen molar-refractivity contribution >= 4 is 5.71 Å². The molecule has 0 aromatic rings. The Labute approximate surface area is 76.9 Å². The highest BCUT2D eigenvalue weighted by Gasteiger charge is 2.17. The monoisotopic (exact) mass is 186 g/mol. The minimum Gasteiger partial charge on any atom is -0.411 e. The first-order chi connectivity index (χ1) is 6.02. The van der Waals surface area contributed by atoms with E-state index in [1.165, 1.54) is 13.0 Å². The van der Waals surface area contributed by atoms with Gasteiger partial charge in [0.05, 0.1) is 5.71 Å². The molecule has 0 saturated carbocycles. The zero-order valence-electron chi connectivity index (χ0n) is 8.02. The van der Waals surface area contributed by atoms with E-state index in [0.717, 1.165) is 0 Å². The Hall–Kier alpha value is -1.39. The number of hydrogen-bond donors (Lipinski definition) is 1. The van der Waals surface area contributed by atoms with Gasteiger partial charge in [-0.2, -0.15) is 0 Å². The van der Waals surface area contributed by atoms with Gasteiger partial charge in [-0.15, -0.1) is 0 Å². The summed E-state index contributed by atoms with van der Waals surface area (Å²) in [5.41, 5.74) is 1.03. The lowest BCUT2D eigenvalue weighted by Crippen LogP contribution is -2.18. The molecule has 0 amide bonds. The van der Waals surface area contributed by atoms with Crippen LogP contribution in [0.15, 0.2) is 16.8 Å². The van der Waals surface area contributed by atoms with E-state index in [1.807, 2.05) is 6.92 Å². The third-order valence-electron chi connectivity index (χ3n) is 1.81. The molecule has 0 spiro atoms. The lowest BCUT2D eigenvalue weighted by atomic mass is 10.1. The smallest absolute Gasteiger partial charge is 0.231 e. The first kappa shape index (κ1) is 11.6. The minimum absolute atomic E-state index is 0.361. The van der Waals surface area contributed by atoms with Gasteiger partial charge in [-0.05, 0) is 19.4 Å². The molecule has 1 atom stereocenters. The minimum atomic E-state index is -0.721. The number of oxime groups is 1. The maximum absolute atomic E-state index is 10.4. The van der Waals surface area contributed by atoms with Crippen molar-refractivity contribution in [3.63, 3.8) is 0 Å². The Bertz CT molecular complexity index is 246. The highest BCUT2D eigenvalue weighted by Crippen LogP contribution is 2.09. The SMILES string of the molecule is CC/C(=C\C(C)=N/O)C(C)[N+](=O)[O-]. The van der Waals surface area contributed by atoms with Crippen LogP contribution in [0.5, 0.6) is 0 Å². The Kier molecular flexibility index (Phi) is 4.72. The first-order valence-electron chi connectivity index (χ1n) is 4.05. The molecule has 0 heterocycles. The topological polar surface area (TPSA) is 75.7 Å². The fourth-order valence-corrected chi connectivity index (χ4v) is 0.951. The van der Waals surface area contributed by atoms with Gasteiger partial charge < -0.3 is 5.21 Å². The Morgan fingerprint density at radius 3 is 2.62 bits per heavy atom. The molecule has 0 rings (SSSR count). The third kappa shape index (κ3) is 3.68. The van der Waals surface area contributed by atoms with E-state index in [9.17, 15) is 10.1 Å². The van der Waals surface area contributed by atoms with Gasteiger partial charge in [-0.25, -0.2) is 0 Å². The number of hydrogen-bond acceptors (Lipinski definition) is 4. The van der Waals surface area contributed by atoms with Gasteiger partial charge in [0.25, 0.3) is 0 Å². The largest absolute Gasteiger partial charge is 0.411 e. The second kappa shape index (κ2) is 5.29. The van der Waals surface area contributed by atoms with Crippen LogP contribution in [0.3, 0.4) is 0 Å². The van der Waals surface area contributed by atoms with Gasteiger partial charge in [0.1, 0.15) is 0 Å². The predicted octanol–water partition coefficient (Wildman–Crippen LogP) is 1.84. The molecule has 5 nitrogen and oxygen atoms in total. The van der Waals surface area contributed by atoms with Crippen molar-refractivity contribution < 1.29 is 10.1 Å². The summed E-state index contributed by atoms with van der Waals surface area (Å²) >= 11 is 0. The lowest BCUT2D eigenvalue weighted by molar-refractivity contribution is -0.507. The summed E-state index contributed by atoms with van der Waals surface area (Å²) in [6.07, 6.45) is 2.11. The molecule has 1 N–H and O–H groups in total. The second-order valence-corrected chi connectivity index (χ2v) is 2.78. The summed E-state index contributed by atoms with van der Waals surface area (Å²) in [7, 11) is 0. The Morgan fingerprint density at radius 1 is 1.77 bits per heavy atom. The number of nitro groups is 1. The van der Waals surface area contributed by atoms with Crippen molar-refractivity contribution in [2.24, 2.45) is 5.16 Å². The van der Waals surface area contributed by atoms with Gasteiger partial charge in [-0.1, -0.05) is 12.1 Å². The second-order valence-electron chi connectivity index (χ2n) is 2.78. The first-order valence-corrected chi connectivity index (χ1v) is 4.05. The van der Waals surface area contributed by atoms with Crippen LogP contribution in [0.1, 0.15) is 27.2 Å². The van der Waals surface area contributed by atoms with Crippen molar-refractivity contribution in [1.82, 2.24) is 0 Å². The van der Waals surface area contributed by atoms with Crippen molar-refractivity contribution in [3.8, 4) is 0 Å². The van der Waals surface area contributed by atoms with Crippen LogP contribution in [-0.4, -0.2) is 21.9 Å². The van der Waals surface area contributed by atoms with Gasteiger partial charge in [-0.3, -0.25) is 10.1 Å². The van der Waals surface area contributed by atoms with E-state index in [0.29, 0.717) is 17.7 Å². The summed E-state index contributed by atoms with van der Waals surface area (Å²) in [6, 6.07) is -0.721. The summed E-state index contributed by atoms with van der Waals surface area (Å²) in [5, 5.41) is 21.7. The number of rotatable bonds is 4. The summed E-state index contributed by atoms with van der Waals surface area (Å²) in [5.74, 6) is 0. The molecule has 0 aliphatic rings. The third-order valence-corrected chi connectivity index (χ3v) is 1.81. The fourth-order valence-electron chi connectivity index (χ4n) is 0.951. The van der Waals surface area contributed by atoms with Crippen LogP contribution >= 0.6 is 0 Å². The zero-order chi connectivity index (χ0) is 10.4. The summed E-state index contributed by atoms with van der Waals surface area (Å²) < 4.78 is 0. The maximum atomic E-state index is 10.4. The summed E-state index contributed by atoms with van der Waals surface area (Å²) in [6.45, 7) is 4.93. The molecule has 0 fully saturated rings. The van der Waals surface area contributed by atoms with E-state index in [4.69, 9.17) is 5.21 Å². The summed E-state index contributed by atoms with van der Waals surface area (Å²) in [4.78, 5) is 10.1. The molecule has 5 heteroatoms. The van der Waals surface area contributed by atoms with Crippen molar-refractivity contribution in [2.75, 3.05) is 0 Å². The Morgan fingerprint density at radius 2 is 2.31 bits per heavy atom. The fraction of sp³-hybridized carbons (Fsp3) is 0.625. The molecular weight excluding hydrogens is 172 g/mol. The molecule has 0 aromatic carbocycles. The van der Waals surface area contributed by atoms with Crippen molar-refractivity contribution in [3.05, 3.63) is 21.8 Å². The quantitative estimate of drug-likeness (QED) is 0.315. The van der Waals surface area contributed by atoms with Gasteiger partial charge in [0, 0.05) is 17.4 Å². The molecule has 0 aromatic heterocycles.